The number of ether oxygens (including phenoxy) is 2. The van der Waals surface area contributed by atoms with E-state index in [1.807, 2.05) is 34.6 Å². The van der Waals surface area contributed by atoms with Crippen molar-refractivity contribution in [3.8, 4) is 5.75 Å². The molecule has 0 fully saturated rings. The van der Waals surface area contributed by atoms with Crippen molar-refractivity contribution in [3.05, 3.63) is 82.9 Å². The van der Waals surface area contributed by atoms with Crippen molar-refractivity contribution in [2.24, 2.45) is 0 Å². The van der Waals surface area contributed by atoms with E-state index in [0.717, 1.165) is 17.5 Å². The Balaban J connectivity index is 1.75. The summed E-state index contributed by atoms with van der Waals surface area (Å²) in [6.07, 6.45) is 0.297. The predicted molar refractivity (Wildman–Crippen MR) is 121 cm³/mol. The summed E-state index contributed by atoms with van der Waals surface area (Å²) in [7, 11) is -0.187. The quantitative estimate of drug-likeness (QED) is 0.208. The fraction of sp³-hybridized carbons (Fsp3) is 0.269. The first-order valence-corrected chi connectivity index (χ1v) is 11.4. The molecule has 0 radical (unpaired) electrons. The van der Waals surface area contributed by atoms with Gasteiger partial charge in [-0.15, -0.1) is 0 Å². The van der Waals surface area contributed by atoms with E-state index >= 15 is 0 Å². The van der Waals surface area contributed by atoms with Crippen molar-refractivity contribution >= 4 is 17.1 Å². The summed E-state index contributed by atoms with van der Waals surface area (Å²) in [4.78, 5) is 16.2. The van der Waals surface area contributed by atoms with E-state index in [0.29, 0.717) is 5.75 Å². The van der Waals surface area contributed by atoms with Crippen molar-refractivity contribution in [1.29, 1.82) is 0 Å². The predicted octanol–water partition coefficient (Wildman–Crippen LogP) is 6.62. The Bertz CT molecular complexity index is 1040. The molecule has 0 aliphatic carbocycles. The molecule has 0 aromatic heterocycles. The molecule has 0 amide bonds. The van der Waals surface area contributed by atoms with Crippen LogP contribution in [-0.4, -0.2) is 11.8 Å². The van der Waals surface area contributed by atoms with Crippen LogP contribution in [0.3, 0.4) is 0 Å². The van der Waals surface area contributed by atoms with Gasteiger partial charge in [-0.1, -0.05) is 36.4 Å². The van der Waals surface area contributed by atoms with Crippen LogP contribution in [0.5, 0.6) is 5.75 Å². The average molecular weight is 420 g/mol. The van der Waals surface area contributed by atoms with Gasteiger partial charge in [0, 0.05) is 29.7 Å². The van der Waals surface area contributed by atoms with Crippen LogP contribution in [-0.2, 0) is 22.1 Å². The van der Waals surface area contributed by atoms with E-state index in [4.69, 9.17) is 9.47 Å². The molecule has 0 spiro atoms. The first kappa shape index (κ1) is 20.5. The molecule has 3 aromatic carbocycles. The molecule has 4 rings (SSSR count). The van der Waals surface area contributed by atoms with Crippen LogP contribution in [0.25, 0.3) is 0 Å². The molecule has 1 heterocycles. The average Bonchev–Trinajstić information content (AvgIpc) is 2.67. The number of hydrogen-bond acceptors (Lipinski definition) is 3. The molecule has 0 atom stereocenters. The van der Waals surface area contributed by atoms with E-state index in [1.165, 1.54) is 25.8 Å². The van der Waals surface area contributed by atoms with Gasteiger partial charge < -0.3 is 9.47 Å². The van der Waals surface area contributed by atoms with Crippen molar-refractivity contribution < 1.29 is 14.3 Å². The number of benzene rings is 3. The van der Waals surface area contributed by atoms with Crippen LogP contribution < -0.4 is 4.74 Å². The number of fused-ring (bicyclic) bond motifs is 2. The summed E-state index contributed by atoms with van der Waals surface area (Å²) in [6.45, 7) is 9.46. The molecule has 0 unspecified atom stereocenters. The highest BCUT2D eigenvalue weighted by atomic mass is 32.2. The first-order chi connectivity index (χ1) is 14.2. The van der Waals surface area contributed by atoms with E-state index in [9.17, 15) is 4.79 Å². The van der Waals surface area contributed by atoms with Crippen LogP contribution in [0.1, 0.15) is 43.0 Å². The molecule has 0 saturated carbocycles. The maximum atomic E-state index is 12.2. The fourth-order valence-corrected chi connectivity index (χ4v) is 6.39. The van der Waals surface area contributed by atoms with Gasteiger partial charge >= 0.3 is 6.16 Å². The zero-order valence-corrected chi connectivity index (χ0v) is 18.9. The third kappa shape index (κ3) is 4.10. The van der Waals surface area contributed by atoms with Gasteiger partial charge in [0.05, 0.1) is 10.9 Å². The summed E-state index contributed by atoms with van der Waals surface area (Å²) in [6, 6.07) is 21.7. The Morgan fingerprint density at radius 3 is 1.87 bits per heavy atom. The van der Waals surface area contributed by atoms with Gasteiger partial charge in [0.25, 0.3) is 0 Å². The van der Waals surface area contributed by atoms with E-state index < -0.39 is 11.8 Å². The minimum atomic E-state index is -0.669. The summed E-state index contributed by atoms with van der Waals surface area (Å²) in [5, 5.41) is 0. The van der Waals surface area contributed by atoms with E-state index in [2.05, 4.69) is 60.7 Å². The smallest absolute Gasteiger partial charge is 0.428 e. The zero-order valence-electron chi connectivity index (χ0n) is 18.1. The van der Waals surface area contributed by atoms with Crippen LogP contribution >= 0.6 is 0 Å². The minimum Gasteiger partial charge on any atom is -0.428 e. The SMILES string of the molecule is Cc1cc([S+]2c3ccccc3Cc3ccccc32)cc(C)c1OC(=O)OC(C)(C)C. The van der Waals surface area contributed by atoms with Gasteiger partial charge in [-0.2, -0.15) is 0 Å². The second-order valence-electron chi connectivity index (χ2n) is 8.65. The molecule has 154 valence electrons. The second kappa shape index (κ2) is 7.84. The summed E-state index contributed by atoms with van der Waals surface area (Å²) < 4.78 is 10.9. The number of hydrogen-bond donors (Lipinski definition) is 0. The minimum absolute atomic E-state index is 0.187. The summed E-state index contributed by atoms with van der Waals surface area (Å²) in [5.74, 6) is 0.579. The third-order valence-electron chi connectivity index (χ3n) is 5.01. The molecule has 4 heteroatoms. The lowest BCUT2D eigenvalue weighted by atomic mass is 10.0. The lowest BCUT2D eigenvalue weighted by Crippen LogP contribution is -2.26. The zero-order chi connectivity index (χ0) is 21.5. The highest BCUT2D eigenvalue weighted by Crippen LogP contribution is 2.42. The van der Waals surface area contributed by atoms with Crippen molar-refractivity contribution in [1.82, 2.24) is 0 Å². The van der Waals surface area contributed by atoms with Gasteiger partial charge in [0.1, 0.15) is 11.4 Å². The van der Waals surface area contributed by atoms with Gasteiger partial charge in [-0.3, -0.25) is 0 Å². The maximum absolute atomic E-state index is 12.2. The Hall–Kier alpha value is -2.72. The van der Waals surface area contributed by atoms with Crippen LogP contribution in [0.4, 0.5) is 4.79 Å². The van der Waals surface area contributed by atoms with Crippen LogP contribution in [0, 0.1) is 13.8 Å². The number of aryl methyl sites for hydroxylation is 2. The first-order valence-electron chi connectivity index (χ1n) is 10.1. The Kier molecular flexibility index (Phi) is 5.37. The van der Waals surface area contributed by atoms with Crippen molar-refractivity contribution in [2.45, 2.75) is 61.3 Å². The Morgan fingerprint density at radius 1 is 0.867 bits per heavy atom. The second-order valence-corrected chi connectivity index (χ2v) is 10.6. The van der Waals surface area contributed by atoms with Gasteiger partial charge in [0.2, 0.25) is 0 Å². The van der Waals surface area contributed by atoms with Crippen LogP contribution in [0.2, 0.25) is 0 Å². The summed E-state index contributed by atoms with van der Waals surface area (Å²) in [5.41, 5.74) is 4.04. The topological polar surface area (TPSA) is 35.5 Å². The molecule has 30 heavy (non-hydrogen) atoms. The maximum Gasteiger partial charge on any atom is 0.514 e. The highest BCUT2D eigenvalue weighted by molar-refractivity contribution is 7.97. The Labute approximate surface area is 181 Å². The van der Waals surface area contributed by atoms with Crippen molar-refractivity contribution in [2.75, 3.05) is 0 Å². The molecular formula is C26H27O3S+. The standard InChI is InChI=1S/C26H27O3S/c1-17-14-21(15-18(2)24(17)28-25(27)29-26(3,4)5)30-22-12-8-6-10-19(22)16-20-11-7-9-13-23(20)30/h6-15H,16H2,1-5H3/q+1. The van der Waals surface area contributed by atoms with Gasteiger partial charge in [-0.05, 0) is 57.9 Å². The highest BCUT2D eigenvalue weighted by Gasteiger charge is 2.37. The largest absolute Gasteiger partial charge is 0.514 e. The monoisotopic (exact) mass is 419 g/mol. The molecule has 3 aromatic rings. The summed E-state index contributed by atoms with van der Waals surface area (Å²) >= 11 is 0. The molecule has 1 aliphatic rings. The number of rotatable bonds is 2. The Morgan fingerprint density at radius 2 is 1.37 bits per heavy atom. The third-order valence-corrected chi connectivity index (χ3v) is 7.39. The van der Waals surface area contributed by atoms with Crippen LogP contribution in [0.15, 0.2) is 75.4 Å². The number of carbonyl (C=O) groups is 1. The lowest BCUT2D eigenvalue weighted by Gasteiger charge is -2.21. The van der Waals surface area contributed by atoms with Gasteiger partial charge in [0.15, 0.2) is 14.7 Å². The molecule has 3 nitrogen and oxygen atoms in total. The fourth-order valence-electron chi connectivity index (χ4n) is 3.82. The van der Waals surface area contributed by atoms with E-state index in [-0.39, 0.29) is 10.9 Å². The molecule has 1 aliphatic heterocycles. The molecular weight excluding hydrogens is 392 g/mol. The van der Waals surface area contributed by atoms with E-state index in [1.54, 1.807) is 0 Å². The van der Waals surface area contributed by atoms with Crippen molar-refractivity contribution in [3.63, 3.8) is 0 Å². The number of carbonyl (C=O) groups excluding carboxylic acids is 1. The lowest BCUT2D eigenvalue weighted by molar-refractivity contribution is 0.0203. The normalized spacial score (nSPS) is 13.4. The molecule has 0 saturated heterocycles. The molecule has 0 bridgehead atoms. The molecule has 0 N–H and O–H groups in total. The van der Waals surface area contributed by atoms with Gasteiger partial charge in [-0.25, -0.2) is 4.79 Å².